The summed E-state index contributed by atoms with van der Waals surface area (Å²) in [5.41, 5.74) is 1.01. The third kappa shape index (κ3) is 2.09. The summed E-state index contributed by atoms with van der Waals surface area (Å²) in [6.45, 7) is 2.85. The number of rotatable bonds is 2. The Bertz CT molecular complexity index is 387. The van der Waals surface area contributed by atoms with Gasteiger partial charge in [0.1, 0.15) is 0 Å². The molecule has 2 rings (SSSR count). The van der Waals surface area contributed by atoms with Crippen LogP contribution in [0.5, 0.6) is 0 Å². The van der Waals surface area contributed by atoms with Gasteiger partial charge in [0, 0.05) is 6.54 Å². The van der Waals surface area contributed by atoms with Gasteiger partial charge in [-0.05, 0) is 32.3 Å². The maximum atomic E-state index is 11.5. The molecule has 16 heavy (non-hydrogen) atoms. The van der Waals surface area contributed by atoms with Gasteiger partial charge in [0.25, 0.3) is 0 Å². The van der Waals surface area contributed by atoms with E-state index in [4.69, 9.17) is 4.74 Å². The van der Waals surface area contributed by atoms with Crippen molar-refractivity contribution in [3.05, 3.63) is 17.5 Å². The minimum Gasteiger partial charge on any atom is -0.461 e. The molecule has 1 aliphatic heterocycles. The van der Waals surface area contributed by atoms with Crippen LogP contribution in [-0.2, 0) is 11.3 Å². The summed E-state index contributed by atoms with van der Waals surface area (Å²) in [4.78, 5) is 11.5. The Kier molecular flexibility index (Phi) is 3.24. The number of aryl methyl sites for hydroxylation is 1. The molecule has 1 unspecified atom stereocenters. The molecule has 1 N–H and O–H groups in total. The van der Waals surface area contributed by atoms with E-state index in [-0.39, 0.29) is 5.69 Å². The molecular weight excluding hydrogens is 208 g/mol. The van der Waals surface area contributed by atoms with E-state index in [1.165, 1.54) is 0 Å². The first-order valence-electron chi connectivity index (χ1n) is 5.65. The fourth-order valence-electron chi connectivity index (χ4n) is 1.93. The molecule has 1 aromatic rings. The zero-order chi connectivity index (χ0) is 11.5. The van der Waals surface area contributed by atoms with Crippen molar-refractivity contribution in [2.75, 3.05) is 6.61 Å². The maximum absolute atomic E-state index is 11.5. The summed E-state index contributed by atoms with van der Waals surface area (Å²) in [5, 5.41) is 14.0. The number of hydrogen-bond acceptors (Lipinski definition) is 4. The molecule has 0 aliphatic carbocycles. The second-order valence-corrected chi connectivity index (χ2v) is 3.91. The molecule has 0 radical (unpaired) electrons. The minimum absolute atomic E-state index is 0.290. The van der Waals surface area contributed by atoms with E-state index in [0.717, 1.165) is 31.5 Å². The van der Waals surface area contributed by atoms with Crippen molar-refractivity contribution in [3.63, 3.8) is 0 Å². The quantitative estimate of drug-likeness (QED) is 0.768. The molecule has 1 aliphatic rings. The SMILES string of the molecule is CCOC(=O)c1cc2n(n1)CCCCC2O. The molecule has 0 spiro atoms. The number of hydrogen-bond donors (Lipinski definition) is 1. The van der Waals surface area contributed by atoms with Gasteiger partial charge in [-0.2, -0.15) is 5.10 Å². The van der Waals surface area contributed by atoms with Gasteiger partial charge in [0.05, 0.1) is 18.4 Å². The Morgan fingerprint density at radius 3 is 3.25 bits per heavy atom. The van der Waals surface area contributed by atoms with E-state index in [2.05, 4.69) is 5.10 Å². The Morgan fingerprint density at radius 1 is 1.69 bits per heavy atom. The van der Waals surface area contributed by atoms with Crippen LogP contribution in [0.1, 0.15) is 48.5 Å². The molecule has 0 bridgehead atoms. The van der Waals surface area contributed by atoms with Crippen molar-refractivity contribution in [1.29, 1.82) is 0 Å². The molecule has 0 saturated heterocycles. The summed E-state index contributed by atoms with van der Waals surface area (Å²) in [6, 6.07) is 1.63. The Labute approximate surface area is 94.0 Å². The van der Waals surface area contributed by atoms with Crippen LogP contribution < -0.4 is 0 Å². The molecule has 5 nitrogen and oxygen atoms in total. The van der Waals surface area contributed by atoms with Gasteiger partial charge >= 0.3 is 5.97 Å². The predicted molar refractivity (Wildman–Crippen MR) is 57.0 cm³/mol. The van der Waals surface area contributed by atoms with Crippen LogP contribution in [0.25, 0.3) is 0 Å². The average molecular weight is 224 g/mol. The molecule has 0 amide bonds. The van der Waals surface area contributed by atoms with Crippen molar-refractivity contribution in [3.8, 4) is 0 Å². The number of aliphatic hydroxyl groups is 1. The summed E-state index contributed by atoms with van der Waals surface area (Å²) in [6.07, 6.45) is 2.18. The summed E-state index contributed by atoms with van der Waals surface area (Å²) >= 11 is 0. The lowest BCUT2D eigenvalue weighted by Crippen LogP contribution is -2.08. The smallest absolute Gasteiger partial charge is 0.358 e. The number of carbonyl (C=O) groups excluding carboxylic acids is 1. The highest BCUT2D eigenvalue weighted by Crippen LogP contribution is 2.24. The first kappa shape index (κ1) is 11.1. The highest BCUT2D eigenvalue weighted by Gasteiger charge is 2.21. The topological polar surface area (TPSA) is 64.4 Å². The third-order valence-electron chi connectivity index (χ3n) is 2.73. The van der Waals surface area contributed by atoms with Crippen molar-refractivity contribution in [1.82, 2.24) is 9.78 Å². The highest BCUT2D eigenvalue weighted by molar-refractivity contribution is 5.87. The van der Waals surface area contributed by atoms with Gasteiger partial charge in [0.15, 0.2) is 5.69 Å². The second-order valence-electron chi connectivity index (χ2n) is 3.91. The summed E-state index contributed by atoms with van der Waals surface area (Å²) in [5.74, 6) is -0.421. The normalized spacial score (nSPS) is 20.0. The molecule has 2 heterocycles. The molecular formula is C11H16N2O3. The van der Waals surface area contributed by atoms with Crippen molar-refractivity contribution >= 4 is 5.97 Å². The first-order valence-corrected chi connectivity index (χ1v) is 5.65. The number of carbonyl (C=O) groups is 1. The number of esters is 1. The Hall–Kier alpha value is -1.36. The molecule has 1 aromatic heterocycles. The fraction of sp³-hybridized carbons (Fsp3) is 0.636. The van der Waals surface area contributed by atoms with Crippen LogP contribution in [0.4, 0.5) is 0 Å². The van der Waals surface area contributed by atoms with E-state index in [0.29, 0.717) is 6.61 Å². The molecule has 1 atom stereocenters. The Balaban J connectivity index is 2.25. The third-order valence-corrected chi connectivity index (χ3v) is 2.73. The lowest BCUT2D eigenvalue weighted by Gasteiger charge is -2.06. The van der Waals surface area contributed by atoms with Crippen molar-refractivity contribution < 1.29 is 14.6 Å². The first-order chi connectivity index (χ1) is 7.72. The zero-order valence-corrected chi connectivity index (χ0v) is 9.35. The van der Waals surface area contributed by atoms with Gasteiger partial charge in [0.2, 0.25) is 0 Å². The number of nitrogens with zero attached hydrogens (tertiary/aromatic N) is 2. The van der Waals surface area contributed by atoms with E-state index in [1.807, 2.05) is 0 Å². The van der Waals surface area contributed by atoms with Crippen molar-refractivity contribution in [2.24, 2.45) is 0 Å². The van der Waals surface area contributed by atoms with Crippen molar-refractivity contribution in [2.45, 2.75) is 38.8 Å². The van der Waals surface area contributed by atoms with Crippen LogP contribution in [0.15, 0.2) is 6.07 Å². The van der Waals surface area contributed by atoms with Crippen LogP contribution in [-0.4, -0.2) is 27.5 Å². The molecule has 0 aromatic carbocycles. The molecule has 0 saturated carbocycles. The number of aromatic nitrogens is 2. The van der Waals surface area contributed by atoms with E-state index >= 15 is 0 Å². The van der Waals surface area contributed by atoms with Gasteiger partial charge in [-0.15, -0.1) is 0 Å². The molecule has 0 fully saturated rings. The average Bonchev–Trinajstić information content (AvgIpc) is 2.62. The zero-order valence-electron chi connectivity index (χ0n) is 9.35. The molecule has 5 heteroatoms. The lowest BCUT2D eigenvalue weighted by atomic mass is 10.1. The van der Waals surface area contributed by atoms with Gasteiger partial charge in [-0.25, -0.2) is 4.79 Å². The maximum Gasteiger partial charge on any atom is 0.358 e. The largest absolute Gasteiger partial charge is 0.461 e. The second kappa shape index (κ2) is 4.65. The van der Waals surface area contributed by atoms with Crippen LogP contribution in [0.2, 0.25) is 0 Å². The molecule has 88 valence electrons. The minimum atomic E-state index is -0.516. The number of ether oxygens (including phenoxy) is 1. The lowest BCUT2D eigenvalue weighted by molar-refractivity contribution is 0.0518. The Morgan fingerprint density at radius 2 is 2.50 bits per heavy atom. The standard InChI is InChI=1S/C11H16N2O3/c1-2-16-11(15)8-7-9-10(14)5-3-4-6-13(9)12-8/h7,10,14H,2-6H2,1H3. The highest BCUT2D eigenvalue weighted by atomic mass is 16.5. The summed E-state index contributed by atoms with van der Waals surface area (Å²) < 4.78 is 6.59. The van der Waals surface area contributed by atoms with Crippen LogP contribution >= 0.6 is 0 Å². The monoisotopic (exact) mass is 224 g/mol. The van der Waals surface area contributed by atoms with Crippen LogP contribution in [0, 0.1) is 0 Å². The van der Waals surface area contributed by atoms with E-state index < -0.39 is 12.1 Å². The number of aliphatic hydroxyl groups excluding tert-OH is 1. The van der Waals surface area contributed by atoms with Gasteiger partial charge < -0.3 is 9.84 Å². The van der Waals surface area contributed by atoms with Gasteiger partial charge in [-0.1, -0.05) is 0 Å². The summed E-state index contributed by atoms with van der Waals surface area (Å²) in [7, 11) is 0. The fourth-order valence-corrected chi connectivity index (χ4v) is 1.93. The van der Waals surface area contributed by atoms with E-state index in [1.54, 1.807) is 17.7 Å². The predicted octanol–water partition coefficient (Wildman–Crippen LogP) is 1.28. The van der Waals surface area contributed by atoms with Gasteiger partial charge in [-0.3, -0.25) is 4.68 Å². The van der Waals surface area contributed by atoms with Crippen LogP contribution in [0.3, 0.4) is 0 Å². The number of fused-ring (bicyclic) bond motifs is 1. The van der Waals surface area contributed by atoms with E-state index in [9.17, 15) is 9.90 Å².